The van der Waals surface area contributed by atoms with Crippen molar-refractivity contribution in [2.45, 2.75) is 38.2 Å². The van der Waals surface area contributed by atoms with Crippen LogP contribution in [0.2, 0.25) is 0 Å². The van der Waals surface area contributed by atoms with Gasteiger partial charge < -0.3 is 15.1 Å². The van der Waals surface area contributed by atoms with E-state index in [1.807, 2.05) is 0 Å². The van der Waals surface area contributed by atoms with E-state index in [2.05, 4.69) is 10.3 Å². The number of carbonyl (C=O) groups excluding carboxylic acids is 2. The Bertz CT molecular complexity index is 1640. The summed E-state index contributed by atoms with van der Waals surface area (Å²) >= 11 is 0. The van der Waals surface area contributed by atoms with Gasteiger partial charge in [-0.15, -0.1) is 0 Å². The molecule has 2 amide bonds. The Balaban J connectivity index is 1.92. The van der Waals surface area contributed by atoms with Crippen molar-refractivity contribution >= 4 is 22.9 Å². The zero-order valence-electron chi connectivity index (χ0n) is 21.8. The standard InChI is InChI=1S/C28H21F8N3O3/c1-13(28(34,35)36)38-24(40)18-11-15(5-8-20(18)30)17-12-19-22(25(41)37-2)23(14-3-6-16(29)7-4-14)42-26(19)39-21(17)9-10-27(31,32)33/h3-8,11-13H,9-10H2,1-2H3,(H,37,41)(H,38,40). The lowest BCUT2D eigenvalue weighted by Gasteiger charge is -2.18. The predicted octanol–water partition coefficient (Wildman–Crippen LogP) is 6.98. The third kappa shape index (κ3) is 6.52. The molecule has 2 aromatic carbocycles. The van der Waals surface area contributed by atoms with Gasteiger partial charge in [0.2, 0.25) is 5.71 Å². The molecule has 0 saturated carbocycles. The third-order valence-corrected chi connectivity index (χ3v) is 6.33. The van der Waals surface area contributed by atoms with Crippen LogP contribution in [0.4, 0.5) is 35.1 Å². The normalized spacial score (nSPS) is 12.8. The largest absolute Gasteiger partial charge is 0.437 e. The first-order chi connectivity index (χ1) is 19.6. The summed E-state index contributed by atoms with van der Waals surface area (Å²) < 4.78 is 112. The number of nitrogens with one attached hydrogen (secondary N) is 2. The molecule has 2 aromatic heterocycles. The lowest BCUT2D eigenvalue weighted by molar-refractivity contribution is -0.149. The lowest BCUT2D eigenvalue weighted by Crippen LogP contribution is -2.43. The molecule has 4 rings (SSSR count). The topological polar surface area (TPSA) is 84.2 Å². The van der Waals surface area contributed by atoms with E-state index in [-0.39, 0.29) is 44.8 Å². The zero-order chi connectivity index (χ0) is 31.0. The van der Waals surface area contributed by atoms with Crippen molar-refractivity contribution in [2.75, 3.05) is 7.05 Å². The van der Waals surface area contributed by atoms with Crippen LogP contribution >= 0.6 is 0 Å². The smallest absolute Gasteiger partial charge is 0.408 e. The van der Waals surface area contributed by atoms with Gasteiger partial charge >= 0.3 is 12.4 Å². The van der Waals surface area contributed by atoms with Crippen molar-refractivity contribution in [3.8, 4) is 22.5 Å². The Morgan fingerprint density at radius 2 is 1.57 bits per heavy atom. The molecular weight excluding hydrogens is 578 g/mol. The second-order valence-corrected chi connectivity index (χ2v) is 9.27. The van der Waals surface area contributed by atoms with Crippen LogP contribution in [0.15, 0.2) is 52.9 Å². The molecule has 4 aromatic rings. The van der Waals surface area contributed by atoms with Gasteiger partial charge in [-0.1, -0.05) is 6.07 Å². The summed E-state index contributed by atoms with van der Waals surface area (Å²) in [5.41, 5.74) is -1.17. The number of benzene rings is 2. The molecule has 0 fully saturated rings. The van der Waals surface area contributed by atoms with Crippen molar-refractivity contribution in [3.63, 3.8) is 0 Å². The molecule has 0 saturated heterocycles. The first-order valence-electron chi connectivity index (χ1n) is 12.3. The summed E-state index contributed by atoms with van der Waals surface area (Å²) in [5, 5.41) is 4.09. The van der Waals surface area contributed by atoms with Crippen LogP contribution in [-0.4, -0.2) is 42.2 Å². The zero-order valence-corrected chi connectivity index (χ0v) is 21.8. The highest BCUT2D eigenvalue weighted by Crippen LogP contribution is 2.38. The number of alkyl halides is 6. The lowest BCUT2D eigenvalue weighted by atomic mass is 9.96. The van der Waals surface area contributed by atoms with Crippen LogP contribution < -0.4 is 10.6 Å². The van der Waals surface area contributed by atoms with Gasteiger partial charge in [0.25, 0.3) is 11.8 Å². The molecule has 6 nitrogen and oxygen atoms in total. The maximum Gasteiger partial charge on any atom is 0.408 e. The Morgan fingerprint density at radius 3 is 2.17 bits per heavy atom. The Morgan fingerprint density at radius 1 is 0.929 bits per heavy atom. The minimum Gasteiger partial charge on any atom is -0.437 e. The summed E-state index contributed by atoms with van der Waals surface area (Å²) in [5.74, 6) is -3.89. The number of amides is 2. The molecular formula is C28H21F8N3O3. The number of aryl methyl sites for hydroxylation is 1. The fourth-order valence-electron chi connectivity index (χ4n) is 4.14. The van der Waals surface area contributed by atoms with E-state index < -0.39 is 60.2 Å². The maximum absolute atomic E-state index is 14.6. The number of furan rings is 1. The summed E-state index contributed by atoms with van der Waals surface area (Å²) in [6, 6.07) is 6.56. The highest BCUT2D eigenvalue weighted by atomic mass is 19.4. The molecule has 0 aliphatic carbocycles. The maximum atomic E-state index is 14.6. The van der Waals surface area contributed by atoms with E-state index in [9.17, 15) is 44.7 Å². The molecule has 222 valence electrons. The fraction of sp³-hybridized carbons (Fsp3) is 0.250. The van der Waals surface area contributed by atoms with Crippen molar-refractivity contribution in [1.29, 1.82) is 0 Å². The van der Waals surface area contributed by atoms with E-state index in [1.165, 1.54) is 25.2 Å². The van der Waals surface area contributed by atoms with E-state index in [0.717, 1.165) is 30.3 Å². The quantitative estimate of drug-likeness (QED) is 0.225. The average molecular weight is 599 g/mol. The van der Waals surface area contributed by atoms with Crippen molar-refractivity contribution in [2.24, 2.45) is 0 Å². The number of nitrogens with zero attached hydrogens (tertiary/aromatic N) is 1. The summed E-state index contributed by atoms with van der Waals surface area (Å²) in [7, 11) is 1.31. The minimum absolute atomic E-state index is 0.0282. The van der Waals surface area contributed by atoms with Gasteiger partial charge in [0, 0.05) is 24.6 Å². The van der Waals surface area contributed by atoms with Gasteiger partial charge in [-0.3, -0.25) is 9.59 Å². The molecule has 14 heteroatoms. The van der Waals surface area contributed by atoms with Crippen LogP contribution in [0.5, 0.6) is 0 Å². The third-order valence-electron chi connectivity index (χ3n) is 6.33. The molecule has 42 heavy (non-hydrogen) atoms. The summed E-state index contributed by atoms with van der Waals surface area (Å²) in [4.78, 5) is 29.6. The molecule has 0 spiro atoms. The number of halogens is 8. The van der Waals surface area contributed by atoms with Gasteiger partial charge in [-0.2, -0.15) is 26.3 Å². The Hall–Kier alpha value is -4.49. The number of hydrogen-bond acceptors (Lipinski definition) is 4. The van der Waals surface area contributed by atoms with Crippen LogP contribution in [0.3, 0.4) is 0 Å². The molecule has 1 atom stereocenters. The summed E-state index contributed by atoms with van der Waals surface area (Å²) in [6.07, 6.45) is -11.4. The molecule has 1 unspecified atom stereocenters. The van der Waals surface area contributed by atoms with Crippen LogP contribution in [0, 0.1) is 11.6 Å². The van der Waals surface area contributed by atoms with Crippen LogP contribution in [-0.2, 0) is 6.42 Å². The van der Waals surface area contributed by atoms with Gasteiger partial charge in [0.05, 0.1) is 22.2 Å². The van der Waals surface area contributed by atoms with Crippen LogP contribution in [0.25, 0.3) is 33.6 Å². The highest BCUT2D eigenvalue weighted by molar-refractivity contribution is 6.11. The highest BCUT2D eigenvalue weighted by Gasteiger charge is 2.37. The van der Waals surface area contributed by atoms with Gasteiger partial charge in [0.1, 0.15) is 23.4 Å². The molecule has 0 radical (unpaired) electrons. The van der Waals surface area contributed by atoms with Crippen LogP contribution in [0.1, 0.15) is 39.8 Å². The summed E-state index contributed by atoms with van der Waals surface area (Å²) in [6.45, 7) is 0.657. The molecule has 0 aliphatic rings. The number of aromatic nitrogens is 1. The number of fused-ring (bicyclic) bond motifs is 1. The number of carbonyl (C=O) groups is 2. The van der Waals surface area contributed by atoms with E-state index in [1.54, 1.807) is 5.32 Å². The Kier molecular flexibility index (Phi) is 8.28. The number of pyridine rings is 1. The Labute approximate surface area is 232 Å². The minimum atomic E-state index is -4.82. The molecule has 0 aliphatic heterocycles. The van der Waals surface area contributed by atoms with Crippen molar-refractivity contribution in [3.05, 3.63) is 77.0 Å². The number of hydrogen-bond donors (Lipinski definition) is 2. The fourth-order valence-corrected chi connectivity index (χ4v) is 4.14. The average Bonchev–Trinajstić information content (AvgIpc) is 3.29. The predicted molar refractivity (Wildman–Crippen MR) is 136 cm³/mol. The van der Waals surface area contributed by atoms with E-state index in [0.29, 0.717) is 6.92 Å². The first-order valence-corrected chi connectivity index (χ1v) is 12.3. The van der Waals surface area contributed by atoms with E-state index >= 15 is 0 Å². The number of rotatable bonds is 7. The molecule has 0 bridgehead atoms. The van der Waals surface area contributed by atoms with E-state index in [4.69, 9.17) is 4.42 Å². The monoisotopic (exact) mass is 599 g/mol. The first kappa shape index (κ1) is 30.5. The second kappa shape index (κ2) is 11.4. The van der Waals surface area contributed by atoms with Crippen molar-refractivity contribution in [1.82, 2.24) is 15.6 Å². The van der Waals surface area contributed by atoms with Gasteiger partial charge in [-0.25, -0.2) is 13.8 Å². The van der Waals surface area contributed by atoms with Gasteiger partial charge in [-0.05, 0) is 61.4 Å². The molecule has 2 heterocycles. The second-order valence-electron chi connectivity index (χ2n) is 9.27. The van der Waals surface area contributed by atoms with Crippen molar-refractivity contribution < 1.29 is 49.1 Å². The van der Waals surface area contributed by atoms with Gasteiger partial charge in [0.15, 0.2) is 0 Å². The SMILES string of the molecule is CNC(=O)c1c(-c2ccc(F)cc2)oc2nc(CCC(F)(F)F)c(-c3ccc(F)c(C(=O)NC(C)C(F)(F)F)c3)cc12. The molecule has 2 N–H and O–H groups in total.